The summed E-state index contributed by atoms with van der Waals surface area (Å²) in [5.74, 6) is -0.104. The number of aromatic nitrogens is 2. The third-order valence-corrected chi connectivity index (χ3v) is 4.99. The second kappa shape index (κ2) is 7.29. The second-order valence-corrected chi connectivity index (χ2v) is 6.94. The second-order valence-electron chi connectivity index (χ2n) is 6.09. The van der Waals surface area contributed by atoms with Crippen molar-refractivity contribution in [2.24, 2.45) is 0 Å². The number of para-hydroxylation sites is 1. The van der Waals surface area contributed by atoms with E-state index in [9.17, 15) is 4.79 Å². The van der Waals surface area contributed by atoms with Crippen LogP contribution in [0.15, 0.2) is 84.0 Å². The summed E-state index contributed by atoms with van der Waals surface area (Å²) < 4.78 is 0.481. The molecular formula is C22H16BrN3O. The van der Waals surface area contributed by atoms with Gasteiger partial charge in [0, 0.05) is 17.1 Å². The molecule has 132 valence electrons. The summed E-state index contributed by atoms with van der Waals surface area (Å²) >= 11 is 3.40. The molecule has 2 aromatic heterocycles. The van der Waals surface area contributed by atoms with Gasteiger partial charge in [-0.3, -0.25) is 4.79 Å². The smallest absolute Gasteiger partial charge is 0.265 e. The van der Waals surface area contributed by atoms with E-state index in [1.165, 1.54) is 0 Å². The van der Waals surface area contributed by atoms with Crippen LogP contribution in [0.1, 0.15) is 5.56 Å². The zero-order valence-electron chi connectivity index (χ0n) is 14.5. The van der Waals surface area contributed by atoms with Crippen LogP contribution >= 0.6 is 15.9 Å². The van der Waals surface area contributed by atoms with E-state index < -0.39 is 0 Å². The average molecular weight is 418 g/mol. The molecule has 0 radical (unpaired) electrons. The first kappa shape index (κ1) is 17.4. The number of allylic oxidation sites excluding steroid dienone is 4. The lowest BCUT2D eigenvalue weighted by molar-refractivity contribution is -0.114. The largest absolute Gasteiger partial charge is 0.303 e. The molecule has 0 saturated heterocycles. The zero-order valence-corrected chi connectivity index (χ0v) is 16.1. The summed E-state index contributed by atoms with van der Waals surface area (Å²) in [6.07, 6.45) is 8.69. The number of fused-ring (bicyclic) bond motifs is 4. The number of benzene rings is 1. The highest BCUT2D eigenvalue weighted by atomic mass is 79.9. The molecule has 3 aromatic rings. The molecule has 1 aliphatic rings. The van der Waals surface area contributed by atoms with E-state index in [0.717, 1.165) is 27.9 Å². The summed E-state index contributed by atoms with van der Waals surface area (Å²) in [6, 6.07) is 13.8. The Morgan fingerprint density at radius 1 is 1.19 bits per heavy atom. The molecule has 27 heavy (non-hydrogen) atoms. The van der Waals surface area contributed by atoms with E-state index in [4.69, 9.17) is 4.98 Å². The van der Waals surface area contributed by atoms with E-state index in [2.05, 4.69) is 33.6 Å². The molecule has 0 N–H and O–H groups in total. The third-order valence-electron chi connectivity index (χ3n) is 4.39. The number of hydrogen-bond acceptors (Lipinski definition) is 3. The maximum absolute atomic E-state index is 13.0. The SMILES string of the molecule is C=C/C=C\C=C(/Br)C(=O)N1Cc2cc3cccnc3nc2-c2ccccc21. The summed E-state index contributed by atoms with van der Waals surface area (Å²) in [5.41, 5.74) is 4.37. The molecule has 0 saturated carbocycles. The van der Waals surface area contributed by atoms with Crippen molar-refractivity contribution in [2.75, 3.05) is 4.90 Å². The topological polar surface area (TPSA) is 46.1 Å². The molecule has 1 aliphatic heterocycles. The third kappa shape index (κ3) is 3.22. The highest BCUT2D eigenvalue weighted by molar-refractivity contribution is 9.12. The summed E-state index contributed by atoms with van der Waals surface area (Å²) in [6.45, 7) is 4.09. The van der Waals surface area contributed by atoms with Crippen molar-refractivity contribution in [3.8, 4) is 11.3 Å². The summed E-state index contributed by atoms with van der Waals surface area (Å²) in [4.78, 5) is 23.9. The number of anilines is 1. The zero-order chi connectivity index (χ0) is 18.8. The van der Waals surface area contributed by atoms with Crippen LogP contribution in [-0.2, 0) is 11.3 Å². The Balaban J connectivity index is 1.82. The van der Waals surface area contributed by atoms with Crippen molar-refractivity contribution in [1.82, 2.24) is 9.97 Å². The molecule has 1 aromatic carbocycles. The van der Waals surface area contributed by atoms with Gasteiger partial charge in [-0.25, -0.2) is 9.97 Å². The van der Waals surface area contributed by atoms with Crippen LogP contribution in [0.2, 0.25) is 0 Å². The van der Waals surface area contributed by atoms with Gasteiger partial charge in [0.2, 0.25) is 0 Å². The van der Waals surface area contributed by atoms with Crippen LogP contribution in [0.4, 0.5) is 5.69 Å². The van der Waals surface area contributed by atoms with Crippen molar-refractivity contribution in [3.63, 3.8) is 0 Å². The van der Waals surface area contributed by atoms with Crippen LogP contribution < -0.4 is 4.90 Å². The first-order valence-electron chi connectivity index (χ1n) is 8.50. The first-order valence-corrected chi connectivity index (χ1v) is 9.29. The molecule has 0 fully saturated rings. The van der Waals surface area contributed by atoms with Gasteiger partial charge in [-0.2, -0.15) is 0 Å². The molecule has 5 heteroatoms. The van der Waals surface area contributed by atoms with E-state index in [-0.39, 0.29) is 5.91 Å². The van der Waals surface area contributed by atoms with Crippen LogP contribution in [-0.4, -0.2) is 15.9 Å². The van der Waals surface area contributed by atoms with Gasteiger partial charge in [0.1, 0.15) is 0 Å². The van der Waals surface area contributed by atoms with Crippen molar-refractivity contribution >= 4 is 38.6 Å². The van der Waals surface area contributed by atoms with Gasteiger partial charge in [0.15, 0.2) is 5.65 Å². The van der Waals surface area contributed by atoms with Crippen LogP contribution in [0, 0.1) is 0 Å². The molecule has 0 unspecified atom stereocenters. The van der Waals surface area contributed by atoms with Crippen LogP contribution in [0.25, 0.3) is 22.3 Å². The number of rotatable bonds is 3. The number of amides is 1. The van der Waals surface area contributed by atoms with E-state index in [1.807, 2.05) is 36.4 Å². The highest BCUT2D eigenvalue weighted by Gasteiger charge is 2.28. The molecule has 1 amide bonds. The Kier molecular flexibility index (Phi) is 4.69. The highest BCUT2D eigenvalue weighted by Crippen LogP contribution is 2.39. The van der Waals surface area contributed by atoms with Gasteiger partial charge in [0.05, 0.1) is 22.4 Å². The minimum Gasteiger partial charge on any atom is -0.303 e. The molecule has 3 heterocycles. The normalized spacial score (nSPS) is 13.5. The lowest BCUT2D eigenvalue weighted by atomic mass is 9.97. The molecule has 0 bridgehead atoms. The fourth-order valence-corrected chi connectivity index (χ4v) is 3.53. The number of carbonyl (C=O) groups excluding carboxylic acids is 1. The maximum atomic E-state index is 13.0. The minimum absolute atomic E-state index is 0.104. The molecule has 0 atom stereocenters. The fourth-order valence-electron chi connectivity index (χ4n) is 3.17. The first-order chi connectivity index (χ1) is 13.2. The molecule has 4 nitrogen and oxygen atoms in total. The standard InChI is InChI=1S/C22H16BrN3O/c1-2-3-4-10-18(23)22(27)26-14-16-13-15-8-7-12-24-21(15)25-20(16)17-9-5-6-11-19(17)26/h2-13H,1,14H2/b4-3-,18-10-. The van der Waals surface area contributed by atoms with Gasteiger partial charge in [0.25, 0.3) is 5.91 Å². The Morgan fingerprint density at radius 3 is 2.89 bits per heavy atom. The maximum Gasteiger partial charge on any atom is 0.265 e. The number of hydrogen-bond donors (Lipinski definition) is 0. The Labute approximate surface area is 165 Å². The predicted octanol–water partition coefficient (Wildman–Crippen LogP) is 5.16. The molecule has 0 aliphatic carbocycles. The number of pyridine rings is 2. The van der Waals surface area contributed by atoms with Gasteiger partial charge in [-0.15, -0.1) is 0 Å². The summed E-state index contributed by atoms with van der Waals surface area (Å²) in [5, 5.41) is 0.964. The van der Waals surface area contributed by atoms with E-state index >= 15 is 0 Å². The van der Waals surface area contributed by atoms with Crippen molar-refractivity contribution in [2.45, 2.75) is 6.54 Å². The van der Waals surface area contributed by atoms with E-state index in [1.54, 1.807) is 35.4 Å². The molecular weight excluding hydrogens is 402 g/mol. The minimum atomic E-state index is -0.104. The quantitative estimate of drug-likeness (QED) is 0.436. The van der Waals surface area contributed by atoms with E-state index in [0.29, 0.717) is 16.7 Å². The van der Waals surface area contributed by atoms with Gasteiger partial charge < -0.3 is 4.90 Å². The van der Waals surface area contributed by atoms with Crippen LogP contribution in [0.3, 0.4) is 0 Å². The van der Waals surface area contributed by atoms with Gasteiger partial charge >= 0.3 is 0 Å². The molecule has 0 spiro atoms. The lowest BCUT2D eigenvalue weighted by Gasteiger charge is -2.30. The predicted molar refractivity (Wildman–Crippen MR) is 113 cm³/mol. The molecule has 4 rings (SSSR count). The van der Waals surface area contributed by atoms with Gasteiger partial charge in [-0.05, 0) is 51.8 Å². The summed E-state index contributed by atoms with van der Waals surface area (Å²) in [7, 11) is 0. The van der Waals surface area contributed by atoms with Gasteiger partial charge in [-0.1, -0.05) is 43.0 Å². The van der Waals surface area contributed by atoms with Crippen molar-refractivity contribution < 1.29 is 4.79 Å². The number of nitrogens with zero attached hydrogens (tertiary/aromatic N) is 3. The fraction of sp³-hybridized carbons (Fsp3) is 0.0455. The lowest BCUT2D eigenvalue weighted by Crippen LogP contribution is -2.33. The Morgan fingerprint density at radius 2 is 2.04 bits per heavy atom. The number of halogens is 1. The number of carbonyl (C=O) groups is 1. The van der Waals surface area contributed by atoms with Crippen molar-refractivity contribution in [3.05, 3.63) is 89.6 Å². The monoisotopic (exact) mass is 417 g/mol. The van der Waals surface area contributed by atoms with Crippen molar-refractivity contribution in [1.29, 1.82) is 0 Å². The van der Waals surface area contributed by atoms with Crippen LogP contribution in [0.5, 0.6) is 0 Å². The Hall–Kier alpha value is -3.05. The Bertz CT molecular complexity index is 1120. The average Bonchev–Trinajstić information content (AvgIpc) is 2.71.